The van der Waals surface area contributed by atoms with Crippen molar-refractivity contribution in [2.24, 2.45) is 7.05 Å². The van der Waals surface area contributed by atoms with Crippen molar-refractivity contribution in [3.63, 3.8) is 0 Å². The number of benzene rings is 2. The molecule has 6 heteroatoms. The van der Waals surface area contributed by atoms with Crippen LogP contribution < -0.4 is 5.73 Å². The van der Waals surface area contributed by atoms with Gasteiger partial charge in [0.05, 0.1) is 16.6 Å². The minimum atomic E-state index is 0.212. The van der Waals surface area contributed by atoms with Crippen LogP contribution >= 0.6 is 0 Å². The summed E-state index contributed by atoms with van der Waals surface area (Å²) in [5, 5.41) is 19.7. The maximum absolute atomic E-state index is 10.8. The Balaban J connectivity index is 1.95. The molecule has 2 aromatic carbocycles. The average molecular weight is 385 g/mol. The number of rotatable bonds is 1. The number of aromatic hydroxyl groups is 1. The molecule has 29 heavy (non-hydrogen) atoms. The van der Waals surface area contributed by atoms with Crippen molar-refractivity contribution in [3.05, 3.63) is 41.9 Å². The number of nitrogens with zero attached hydrogens (tertiary/aromatic N) is 3. The Bertz CT molecular complexity index is 1460. The predicted octanol–water partition coefficient (Wildman–Crippen LogP) is 4.64. The van der Waals surface area contributed by atoms with E-state index >= 15 is 0 Å². The molecule has 0 saturated carbocycles. The summed E-state index contributed by atoms with van der Waals surface area (Å²) in [5.41, 5.74) is 14.0. The van der Waals surface area contributed by atoms with Crippen LogP contribution in [0.4, 0.5) is 5.69 Å². The van der Waals surface area contributed by atoms with E-state index in [4.69, 9.17) is 5.73 Å². The van der Waals surface area contributed by atoms with Crippen molar-refractivity contribution < 1.29 is 5.11 Å². The van der Waals surface area contributed by atoms with Crippen molar-refractivity contribution in [2.75, 3.05) is 5.73 Å². The number of fused-ring (bicyclic) bond motifs is 10. The minimum Gasteiger partial charge on any atom is -0.494 e. The Labute approximate surface area is 167 Å². The summed E-state index contributed by atoms with van der Waals surface area (Å²) in [5.74, 6) is 0.212. The van der Waals surface area contributed by atoms with Crippen molar-refractivity contribution >= 4 is 38.3 Å². The number of nitrogens with one attached hydrogen (secondary N) is 1. The molecule has 3 heterocycles. The fourth-order valence-corrected chi connectivity index (χ4v) is 5.28. The van der Waals surface area contributed by atoms with Crippen LogP contribution in [0.1, 0.15) is 31.1 Å². The molecule has 0 bridgehead atoms. The first-order valence-corrected chi connectivity index (χ1v) is 10.1. The van der Waals surface area contributed by atoms with Gasteiger partial charge in [-0.3, -0.25) is 4.68 Å². The number of hydrogen-bond donors (Lipinski definition) is 3. The maximum Gasteiger partial charge on any atom is 0.197 e. The van der Waals surface area contributed by atoms with Crippen LogP contribution in [0.25, 0.3) is 43.7 Å². The van der Waals surface area contributed by atoms with Crippen LogP contribution in [0.5, 0.6) is 5.88 Å². The lowest BCUT2D eigenvalue weighted by atomic mass is 9.85. The van der Waals surface area contributed by atoms with Gasteiger partial charge in [0, 0.05) is 64.0 Å². The number of nitrogens with two attached hydrogens (primary N) is 1. The molecule has 0 saturated heterocycles. The van der Waals surface area contributed by atoms with Crippen molar-refractivity contribution in [2.45, 2.75) is 32.7 Å². The number of anilines is 1. The van der Waals surface area contributed by atoms with Crippen LogP contribution in [-0.4, -0.2) is 24.4 Å². The van der Waals surface area contributed by atoms with Gasteiger partial charge < -0.3 is 20.4 Å². The molecule has 146 valence electrons. The second-order valence-corrected chi connectivity index (χ2v) is 8.41. The molecule has 0 spiro atoms. The molecule has 3 aromatic heterocycles. The number of hydrogen-bond acceptors (Lipinski definition) is 3. The summed E-state index contributed by atoms with van der Waals surface area (Å²) in [4.78, 5) is 3.06. The van der Waals surface area contributed by atoms with Gasteiger partial charge in [-0.1, -0.05) is 0 Å². The SMILES string of the molecule is CC(C)n1c2ccc(N)cc2c2c3c[nH]c(O)c3c3c(c21)CCc1nn(C)cc1-3. The van der Waals surface area contributed by atoms with E-state index in [2.05, 4.69) is 46.8 Å². The molecular formula is C23H23N5O. The highest BCUT2D eigenvalue weighted by molar-refractivity contribution is 6.26. The lowest BCUT2D eigenvalue weighted by Gasteiger charge is -2.21. The number of H-pyrrole nitrogens is 1. The molecule has 6 rings (SSSR count). The molecule has 0 aliphatic heterocycles. The third-order valence-corrected chi connectivity index (χ3v) is 6.30. The molecule has 4 N–H and O–H groups in total. The van der Waals surface area contributed by atoms with Gasteiger partial charge in [0.25, 0.3) is 0 Å². The van der Waals surface area contributed by atoms with Crippen molar-refractivity contribution in [1.29, 1.82) is 0 Å². The van der Waals surface area contributed by atoms with Gasteiger partial charge in [0.2, 0.25) is 0 Å². The van der Waals surface area contributed by atoms with Crippen LogP contribution in [0, 0.1) is 0 Å². The Hall–Kier alpha value is -3.41. The second kappa shape index (κ2) is 5.35. The molecule has 6 nitrogen and oxygen atoms in total. The summed E-state index contributed by atoms with van der Waals surface area (Å²) < 4.78 is 4.30. The molecule has 0 fully saturated rings. The highest BCUT2D eigenvalue weighted by Gasteiger charge is 2.30. The largest absolute Gasteiger partial charge is 0.494 e. The Kier molecular flexibility index (Phi) is 3.05. The molecule has 1 aliphatic carbocycles. The van der Waals surface area contributed by atoms with E-state index in [1.807, 2.05) is 24.0 Å². The quantitative estimate of drug-likeness (QED) is 0.367. The Morgan fingerprint density at radius 1 is 1.17 bits per heavy atom. The number of aromatic nitrogens is 4. The van der Waals surface area contributed by atoms with E-state index in [0.29, 0.717) is 6.04 Å². The van der Waals surface area contributed by atoms with Crippen molar-refractivity contribution in [3.8, 4) is 17.0 Å². The Morgan fingerprint density at radius 3 is 2.79 bits per heavy atom. The summed E-state index contributed by atoms with van der Waals surface area (Å²) in [7, 11) is 1.96. The first kappa shape index (κ1) is 16.5. The first-order chi connectivity index (χ1) is 14.0. The van der Waals surface area contributed by atoms with Gasteiger partial charge in [-0.05, 0) is 50.5 Å². The normalized spacial score (nSPS) is 13.7. The van der Waals surface area contributed by atoms with E-state index < -0.39 is 0 Å². The number of nitrogen functional groups attached to an aromatic ring is 1. The summed E-state index contributed by atoms with van der Waals surface area (Å²) in [6.45, 7) is 4.44. The van der Waals surface area contributed by atoms with Gasteiger partial charge in [-0.25, -0.2) is 0 Å². The zero-order valence-electron chi connectivity index (χ0n) is 16.7. The van der Waals surface area contributed by atoms with E-state index in [9.17, 15) is 5.11 Å². The number of aromatic amines is 1. The summed E-state index contributed by atoms with van der Waals surface area (Å²) in [6, 6.07) is 6.44. The standard InChI is InChI=1S/C23H23N5O/c1-11(2)28-18-7-4-12(24)8-14(18)20-15-9-25-23(29)21(15)19-13(22(20)28)5-6-17-16(19)10-27(3)26-17/h4,7-11,25,29H,5-6,24H2,1-3H3. The van der Waals surface area contributed by atoms with Gasteiger partial charge in [0.15, 0.2) is 5.88 Å². The lowest BCUT2D eigenvalue weighted by molar-refractivity contribution is 0.463. The fraction of sp³-hybridized carbons (Fsp3) is 0.261. The summed E-state index contributed by atoms with van der Waals surface area (Å²) >= 11 is 0. The lowest BCUT2D eigenvalue weighted by Crippen LogP contribution is -2.08. The van der Waals surface area contributed by atoms with Crippen LogP contribution in [0.2, 0.25) is 0 Å². The zero-order chi connectivity index (χ0) is 20.0. The average Bonchev–Trinajstić information content (AvgIpc) is 3.33. The summed E-state index contributed by atoms with van der Waals surface area (Å²) in [6.07, 6.45) is 5.79. The molecule has 0 unspecified atom stereocenters. The zero-order valence-corrected chi connectivity index (χ0v) is 16.7. The fourth-order valence-electron chi connectivity index (χ4n) is 5.28. The number of aryl methyl sites for hydroxylation is 3. The Morgan fingerprint density at radius 2 is 2.00 bits per heavy atom. The molecule has 5 aromatic rings. The van der Waals surface area contributed by atoms with Gasteiger partial charge in [-0.2, -0.15) is 5.10 Å². The molecule has 0 radical (unpaired) electrons. The molecular weight excluding hydrogens is 362 g/mol. The van der Waals surface area contributed by atoms with Gasteiger partial charge in [-0.15, -0.1) is 0 Å². The van der Waals surface area contributed by atoms with Crippen LogP contribution in [0.15, 0.2) is 30.6 Å². The first-order valence-electron chi connectivity index (χ1n) is 10.1. The smallest absolute Gasteiger partial charge is 0.197 e. The minimum absolute atomic E-state index is 0.212. The van der Waals surface area contributed by atoms with Crippen LogP contribution in [-0.2, 0) is 19.9 Å². The second-order valence-electron chi connectivity index (χ2n) is 8.41. The predicted molar refractivity (Wildman–Crippen MR) is 117 cm³/mol. The van der Waals surface area contributed by atoms with E-state index in [0.717, 1.165) is 51.5 Å². The van der Waals surface area contributed by atoms with E-state index in [-0.39, 0.29) is 5.88 Å². The van der Waals surface area contributed by atoms with Crippen molar-refractivity contribution in [1.82, 2.24) is 19.3 Å². The topological polar surface area (TPSA) is 84.8 Å². The monoisotopic (exact) mass is 385 g/mol. The van der Waals surface area contributed by atoms with E-state index in [1.54, 1.807) is 0 Å². The highest BCUT2D eigenvalue weighted by atomic mass is 16.3. The highest BCUT2D eigenvalue weighted by Crippen LogP contribution is 2.49. The molecule has 1 aliphatic rings. The van der Waals surface area contributed by atoms with Gasteiger partial charge >= 0.3 is 0 Å². The molecule has 0 atom stereocenters. The molecule has 0 amide bonds. The third-order valence-electron chi connectivity index (χ3n) is 6.30. The van der Waals surface area contributed by atoms with E-state index in [1.165, 1.54) is 22.0 Å². The third kappa shape index (κ3) is 1.98. The van der Waals surface area contributed by atoms with Gasteiger partial charge in [0.1, 0.15) is 0 Å². The maximum atomic E-state index is 10.8. The van der Waals surface area contributed by atoms with Crippen LogP contribution in [0.3, 0.4) is 0 Å².